The minimum Gasteiger partial charge on any atom is -0.444 e. The standard InChI is InChI=1S/C33H39N5O5/c1-32(2,3)43-31(42)34-20-19-28(40)30(41)36-27-23-35-38(21-22-39)29(27)37-33(24-13-7-4-8-14-24,25-15-9-5-10-16-25)26-17-11-6-12-18-26/h4-18,23,28,37,39-40H,19-22H2,1-3H3,(H,34,42)(H,36,41)/t28-/m0/s1. The van der Waals surface area contributed by atoms with Crippen LogP contribution in [0.5, 0.6) is 0 Å². The summed E-state index contributed by atoms with van der Waals surface area (Å²) in [4.78, 5) is 25.0. The number of anilines is 2. The first-order valence-corrected chi connectivity index (χ1v) is 14.2. The molecule has 1 aromatic heterocycles. The van der Waals surface area contributed by atoms with Gasteiger partial charge < -0.3 is 30.9 Å². The number of aliphatic hydroxyl groups is 2. The Labute approximate surface area is 251 Å². The smallest absolute Gasteiger partial charge is 0.407 e. The molecule has 1 heterocycles. The highest BCUT2D eigenvalue weighted by Gasteiger charge is 2.38. The van der Waals surface area contributed by atoms with Crippen molar-refractivity contribution in [2.75, 3.05) is 23.8 Å². The Morgan fingerprint density at radius 3 is 1.86 bits per heavy atom. The van der Waals surface area contributed by atoms with E-state index in [0.717, 1.165) is 16.7 Å². The van der Waals surface area contributed by atoms with Crippen LogP contribution >= 0.6 is 0 Å². The van der Waals surface area contributed by atoms with Crippen molar-refractivity contribution < 1.29 is 24.5 Å². The minimum atomic E-state index is -1.41. The number of nitrogens with one attached hydrogen (secondary N) is 3. The lowest BCUT2D eigenvalue weighted by Gasteiger charge is -2.38. The molecule has 10 heteroatoms. The molecule has 0 radical (unpaired) electrons. The molecule has 4 rings (SSSR count). The van der Waals surface area contributed by atoms with Crippen molar-refractivity contribution in [3.63, 3.8) is 0 Å². The summed E-state index contributed by atoms with van der Waals surface area (Å²) in [6.45, 7) is 5.27. The lowest BCUT2D eigenvalue weighted by atomic mass is 9.77. The lowest BCUT2D eigenvalue weighted by Crippen LogP contribution is -2.39. The number of aliphatic hydroxyl groups excluding tert-OH is 2. The zero-order valence-corrected chi connectivity index (χ0v) is 24.7. The summed E-state index contributed by atoms with van der Waals surface area (Å²) in [5.74, 6) is -0.222. The summed E-state index contributed by atoms with van der Waals surface area (Å²) in [5.41, 5.74) is 1.56. The van der Waals surface area contributed by atoms with Crippen LogP contribution in [0, 0.1) is 0 Å². The molecule has 0 aliphatic heterocycles. The number of carbonyl (C=O) groups excluding carboxylic acids is 2. The van der Waals surface area contributed by atoms with Crippen LogP contribution < -0.4 is 16.0 Å². The summed E-state index contributed by atoms with van der Waals surface area (Å²) in [6.07, 6.45) is -0.587. The second kappa shape index (κ2) is 14.0. The molecule has 2 amide bonds. The SMILES string of the molecule is CC(C)(C)OC(=O)NCC[C@H](O)C(=O)Nc1cnn(CCO)c1NC(c1ccccc1)(c1ccccc1)c1ccccc1. The van der Waals surface area contributed by atoms with Gasteiger partial charge in [-0.05, 0) is 43.9 Å². The summed E-state index contributed by atoms with van der Waals surface area (Å²) in [5, 5.41) is 33.9. The Morgan fingerprint density at radius 2 is 1.40 bits per heavy atom. The van der Waals surface area contributed by atoms with Crippen LogP contribution in [0.2, 0.25) is 0 Å². The van der Waals surface area contributed by atoms with Gasteiger partial charge in [-0.25, -0.2) is 9.48 Å². The molecular weight excluding hydrogens is 546 g/mol. The summed E-state index contributed by atoms with van der Waals surface area (Å²) in [7, 11) is 0. The van der Waals surface area contributed by atoms with E-state index in [0.29, 0.717) is 11.5 Å². The number of ether oxygens (including phenoxy) is 1. The van der Waals surface area contributed by atoms with E-state index in [2.05, 4.69) is 21.0 Å². The zero-order chi connectivity index (χ0) is 30.9. The van der Waals surface area contributed by atoms with Crippen LogP contribution in [0.1, 0.15) is 43.9 Å². The molecule has 1 atom stereocenters. The van der Waals surface area contributed by atoms with Crippen LogP contribution in [0.3, 0.4) is 0 Å². The number of hydrogen-bond donors (Lipinski definition) is 5. The second-order valence-electron chi connectivity index (χ2n) is 11.0. The Hall–Kier alpha value is -4.67. The van der Waals surface area contributed by atoms with Gasteiger partial charge in [-0.3, -0.25) is 4.79 Å². The maximum Gasteiger partial charge on any atom is 0.407 e. The number of rotatable bonds is 12. The van der Waals surface area contributed by atoms with E-state index in [1.807, 2.05) is 91.0 Å². The van der Waals surface area contributed by atoms with E-state index in [4.69, 9.17) is 4.74 Å². The first-order valence-electron chi connectivity index (χ1n) is 14.2. The van der Waals surface area contributed by atoms with Crippen LogP contribution in [0.4, 0.5) is 16.3 Å². The number of hydrogen-bond acceptors (Lipinski definition) is 7. The molecule has 226 valence electrons. The molecule has 43 heavy (non-hydrogen) atoms. The monoisotopic (exact) mass is 585 g/mol. The normalized spacial score (nSPS) is 12.3. The number of nitrogens with zero attached hydrogens (tertiary/aromatic N) is 2. The average molecular weight is 586 g/mol. The number of carbonyl (C=O) groups is 2. The van der Waals surface area contributed by atoms with Crippen molar-refractivity contribution in [3.05, 3.63) is 114 Å². The molecule has 0 unspecified atom stereocenters. The third kappa shape index (κ3) is 7.79. The minimum absolute atomic E-state index is 0.0272. The molecule has 4 aromatic rings. The van der Waals surface area contributed by atoms with E-state index < -0.39 is 29.2 Å². The molecule has 0 aliphatic carbocycles. The lowest BCUT2D eigenvalue weighted by molar-refractivity contribution is -0.124. The van der Waals surface area contributed by atoms with Crippen molar-refractivity contribution in [1.82, 2.24) is 15.1 Å². The van der Waals surface area contributed by atoms with Crippen LogP contribution in [0.15, 0.2) is 97.2 Å². The Morgan fingerprint density at radius 1 is 0.884 bits per heavy atom. The number of benzene rings is 3. The number of amides is 2. The second-order valence-corrected chi connectivity index (χ2v) is 11.0. The first kappa shape index (κ1) is 31.3. The van der Waals surface area contributed by atoms with E-state index in [1.165, 1.54) is 6.20 Å². The molecule has 0 bridgehead atoms. The average Bonchev–Trinajstić information content (AvgIpc) is 3.36. The fourth-order valence-electron chi connectivity index (χ4n) is 4.80. The van der Waals surface area contributed by atoms with Crippen LogP contribution in [-0.4, -0.2) is 56.9 Å². The van der Waals surface area contributed by atoms with Gasteiger partial charge in [0.05, 0.1) is 19.3 Å². The molecule has 3 aromatic carbocycles. The molecule has 0 saturated heterocycles. The highest BCUT2D eigenvalue weighted by atomic mass is 16.6. The van der Waals surface area contributed by atoms with E-state index >= 15 is 0 Å². The van der Waals surface area contributed by atoms with Gasteiger partial charge in [0.15, 0.2) is 0 Å². The molecule has 0 saturated carbocycles. The van der Waals surface area contributed by atoms with Gasteiger partial charge in [-0.1, -0.05) is 91.0 Å². The molecule has 5 N–H and O–H groups in total. The van der Waals surface area contributed by atoms with Gasteiger partial charge in [-0.15, -0.1) is 0 Å². The zero-order valence-electron chi connectivity index (χ0n) is 24.7. The quantitative estimate of drug-likeness (QED) is 0.155. The third-order valence-corrected chi connectivity index (χ3v) is 6.72. The Balaban J connectivity index is 1.67. The summed E-state index contributed by atoms with van der Waals surface area (Å²) >= 11 is 0. The maximum absolute atomic E-state index is 13.1. The fourth-order valence-corrected chi connectivity index (χ4v) is 4.80. The van der Waals surface area contributed by atoms with Gasteiger partial charge in [0.2, 0.25) is 0 Å². The van der Waals surface area contributed by atoms with Gasteiger partial charge in [-0.2, -0.15) is 5.10 Å². The molecular formula is C33H39N5O5. The fraction of sp³-hybridized carbons (Fsp3) is 0.303. The highest BCUT2D eigenvalue weighted by Crippen LogP contribution is 2.41. The van der Waals surface area contributed by atoms with Crippen LogP contribution in [0.25, 0.3) is 0 Å². The third-order valence-electron chi connectivity index (χ3n) is 6.72. The van der Waals surface area contributed by atoms with E-state index in [-0.39, 0.29) is 26.1 Å². The van der Waals surface area contributed by atoms with Gasteiger partial charge in [0, 0.05) is 6.54 Å². The molecule has 0 aliphatic rings. The summed E-state index contributed by atoms with van der Waals surface area (Å²) < 4.78 is 6.78. The Kier molecular flexibility index (Phi) is 10.2. The molecule has 0 spiro atoms. The molecule has 10 nitrogen and oxygen atoms in total. The number of alkyl carbamates (subject to hydrolysis) is 1. The van der Waals surface area contributed by atoms with Crippen molar-refractivity contribution in [1.29, 1.82) is 0 Å². The predicted molar refractivity (Wildman–Crippen MR) is 166 cm³/mol. The van der Waals surface area contributed by atoms with Crippen molar-refractivity contribution in [3.8, 4) is 0 Å². The van der Waals surface area contributed by atoms with Gasteiger partial charge in [0.1, 0.15) is 28.7 Å². The molecule has 0 fully saturated rings. The van der Waals surface area contributed by atoms with E-state index in [9.17, 15) is 19.8 Å². The topological polar surface area (TPSA) is 138 Å². The number of aromatic nitrogens is 2. The summed E-state index contributed by atoms with van der Waals surface area (Å²) in [6, 6.07) is 29.8. The highest BCUT2D eigenvalue weighted by molar-refractivity contribution is 5.96. The largest absolute Gasteiger partial charge is 0.444 e. The van der Waals surface area contributed by atoms with Gasteiger partial charge >= 0.3 is 6.09 Å². The van der Waals surface area contributed by atoms with Crippen LogP contribution in [-0.2, 0) is 21.6 Å². The first-order chi connectivity index (χ1) is 20.6. The van der Waals surface area contributed by atoms with E-state index in [1.54, 1.807) is 25.5 Å². The van der Waals surface area contributed by atoms with Gasteiger partial charge in [0.25, 0.3) is 5.91 Å². The van der Waals surface area contributed by atoms with Crippen molar-refractivity contribution in [2.24, 2.45) is 0 Å². The maximum atomic E-state index is 13.1. The Bertz CT molecular complexity index is 1370. The van der Waals surface area contributed by atoms with Crippen molar-refractivity contribution >= 4 is 23.5 Å². The predicted octanol–water partition coefficient (Wildman–Crippen LogP) is 4.49. The van der Waals surface area contributed by atoms with Crippen molar-refractivity contribution in [2.45, 2.75) is 51.0 Å².